The van der Waals surface area contributed by atoms with Crippen molar-refractivity contribution in [2.24, 2.45) is 0 Å². The van der Waals surface area contributed by atoms with E-state index in [4.69, 9.17) is 9.47 Å². The molecular formula is C13H12N4O2. The summed E-state index contributed by atoms with van der Waals surface area (Å²) in [5, 5.41) is 0. The number of pyridine rings is 2. The molecular weight excluding hydrogens is 244 g/mol. The zero-order valence-corrected chi connectivity index (χ0v) is 10.5. The number of aromatic nitrogens is 4. The minimum absolute atomic E-state index is 0.464. The number of ether oxygens (including phenoxy) is 2. The molecule has 0 spiro atoms. The third kappa shape index (κ3) is 1.97. The molecule has 3 rings (SSSR count). The van der Waals surface area contributed by atoms with Gasteiger partial charge < -0.3 is 14.5 Å². The normalized spacial score (nSPS) is 10.6. The van der Waals surface area contributed by atoms with Gasteiger partial charge in [-0.1, -0.05) is 0 Å². The molecule has 0 aromatic carbocycles. The maximum absolute atomic E-state index is 5.27. The number of H-pyrrole nitrogens is 1. The third-order valence-corrected chi connectivity index (χ3v) is 2.78. The van der Waals surface area contributed by atoms with Crippen LogP contribution in [0.4, 0.5) is 0 Å². The minimum Gasteiger partial charge on any atom is -0.481 e. The monoisotopic (exact) mass is 256 g/mol. The SMILES string of the molecule is COc1ccc(-c2nc3ccncc3[nH]2)c(OC)n1. The van der Waals surface area contributed by atoms with Gasteiger partial charge in [-0.25, -0.2) is 4.98 Å². The summed E-state index contributed by atoms with van der Waals surface area (Å²) < 4.78 is 10.3. The van der Waals surface area contributed by atoms with E-state index in [0.717, 1.165) is 16.6 Å². The van der Waals surface area contributed by atoms with E-state index in [1.54, 1.807) is 32.7 Å². The number of hydrogen-bond acceptors (Lipinski definition) is 5. The average Bonchev–Trinajstić information content (AvgIpc) is 2.90. The quantitative estimate of drug-likeness (QED) is 0.776. The summed E-state index contributed by atoms with van der Waals surface area (Å²) in [5.41, 5.74) is 2.50. The van der Waals surface area contributed by atoms with Crippen molar-refractivity contribution in [2.75, 3.05) is 14.2 Å². The first kappa shape index (κ1) is 11.5. The van der Waals surface area contributed by atoms with E-state index in [1.807, 2.05) is 12.1 Å². The first-order valence-corrected chi connectivity index (χ1v) is 5.71. The highest BCUT2D eigenvalue weighted by Crippen LogP contribution is 2.29. The fraction of sp³-hybridized carbons (Fsp3) is 0.154. The topological polar surface area (TPSA) is 72.9 Å². The van der Waals surface area contributed by atoms with Crippen LogP contribution < -0.4 is 9.47 Å². The molecule has 0 aliphatic rings. The van der Waals surface area contributed by atoms with E-state index >= 15 is 0 Å². The van der Waals surface area contributed by atoms with Crippen molar-refractivity contribution in [2.45, 2.75) is 0 Å². The lowest BCUT2D eigenvalue weighted by Crippen LogP contribution is -1.95. The molecule has 0 bridgehead atoms. The molecule has 19 heavy (non-hydrogen) atoms. The molecule has 0 saturated carbocycles. The van der Waals surface area contributed by atoms with Gasteiger partial charge in [-0.05, 0) is 12.1 Å². The Labute approximate surface area is 109 Å². The minimum atomic E-state index is 0.464. The summed E-state index contributed by atoms with van der Waals surface area (Å²) in [6.07, 6.45) is 3.44. The van der Waals surface area contributed by atoms with Crippen molar-refractivity contribution < 1.29 is 9.47 Å². The van der Waals surface area contributed by atoms with Crippen LogP contribution in [0.3, 0.4) is 0 Å². The lowest BCUT2D eigenvalue weighted by molar-refractivity contribution is 0.365. The Morgan fingerprint density at radius 3 is 2.68 bits per heavy atom. The van der Waals surface area contributed by atoms with Crippen LogP contribution in [0.25, 0.3) is 22.4 Å². The Morgan fingerprint density at radius 2 is 1.95 bits per heavy atom. The van der Waals surface area contributed by atoms with E-state index in [-0.39, 0.29) is 0 Å². The van der Waals surface area contributed by atoms with Gasteiger partial charge in [0, 0.05) is 12.3 Å². The van der Waals surface area contributed by atoms with Gasteiger partial charge in [0.1, 0.15) is 5.82 Å². The molecule has 1 N–H and O–H groups in total. The van der Waals surface area contributed by atoms with Crippen LogP contribution in [0, 0.1) is 0 Å². The number of methoxy groups -OCH3 is 2. The van der Waals surface area contributed by atoms with E-state index in [0.29, 0.717) is 17.6 Å². The predicted octanol–water partition coefficient (Wildman–Crippen LogP) is 2.04. The van der Waals surface area contributed by atoms with Gasteiger partial charge in [-0.3, -0.25) is 4.98 Å². The number of imidazole rings is 1. The molecule has 0 aliphatic heterocycles. The standard InChI is InChI=1S/C13H12N4O2/c1-18-11-4-3-8(13(17-11)19-2)12-15-9-5-6-14-7-10(9)16-12/h3-7H,1-2H3,(H,15,16). The zero-order valence-electron chi connectivity index (χ0n) is 10.5. The van der Waals surface area contributed by atoms with Crippen molar-refractivity contribution in [1.82, 2.24) is 19.9 Å². The van der Waals surface area contributed by atoms with Crippen LogP contribution in [0.1, 0.15) is 0 Å². The second kappa shape index (κ2) is 4.56. The van der Waals surface area contributed by atoms with Crippen LogP contribution >= 0.6 is 0 Å². The second-order valence-corrected chi connectivity index (χ2v) is 3.89. The lowest BCUT2D eigenvalue weighted by Gasteiger charge is -2.06. The molecule has 0 saturated heterocycles. The molecule has 0 aliphatic carbocycles. The Kier molecular flexibility index (Phi) is 2.75. The Balaban J connectivity index is 2.15. The van der Waals surface area contributed by atoms with Gasteiger partial charge in [0.15, 0.2) is 0 Å². The van der Waals surface area contributed by atoms with Crippen molar-refractivity contribution in [3.63, 3.8) is 0 Å². The van der Waals surface area contributed by atoms with Crippen LogP contribution in [-0.4, -0.2) is 34.2 Å². The number of hydrogen-bond donors (Lipinski definition) is 1. The van der Waals surface area contributed by atoms with Gasteiger partial charge in [0.2, 0.25) is 11.8 Å². The number of rotatable bonds is 3. The summed E-state index contributed by atoms with van der Waals surface area (Å²) >= 11 is 0. The van der Waals surface area contributed by atoms with Crippen LogP contribution in [-0.2, 0) is 0 Å². The van der Waals surface area contributed by atoms with Gasteiger partial charge in [0.25, 0.3) is 0 Å². The van der Waals surface area contributed by atoms with Crippen molar-refractivity contribution in [3.8, 4) is 23.1 Å². The average molecular weight is 256 g/mol. The largest absolute Gasteiger partial charge is 0.481 e. The van der Waals surface area contributed by atoms with Crippen LogP contribution in [0.15, 0.2) is 30.6 Å². The lowest BCUT2D eigenvalue weighted by atomic mass is 10.2. The smallest absolute Gasteiger partial charge is 0.227 e. The van der Waals surface area contributed by atoms with Crippen molar-refractivity contribution >= 4 is 11.0 Å². The number of aromatic amines is 1. The summed E-state index contributed by atoms with van der Waals surface area (Å²) in [4.78, 5) is 16.0. The Morgan fingerprint density at radius 1 is 1.05 bits per heavy atom. The summed E-state index contributed by atoms with van der Waals surface area (Å²) in [7, 11) is 3.13. The molecule has 6 nitrogen and oxygen atoms in total. The van der Waals surface area contributed by atoms with Crippen molar-refractivity contribution in [1.29, 1.82) is 0 Å². The highest BCUT2D eigenvalue weighted by molar-refractivity contribution is 5.79. The highest BCUT2D eigenvalue weighted by Gasteiger charge is 2.13. The first-order chi connectivity index (χ1) is 9.31. The molecule has 96 valence electrons. The molecule has 0 fully saturated rings. The van der Waals surface area contributed by atoms with Gasteiger partial charge >= 0.3 is 0 Å². The van der Waals surface area contributed by atoms with E-state index in [2.05, 4.69) is 19.9 Å². The Hall–Kier alpha value is -2.63. The molecule has 0 amide bonds. The van der Waals surface area contributed by atoms with Gasteiger partial charge in [0.05, 0.1) is 37.0 Å². The highest BCUT2D eigenvalue weighted by atomic mass is 16.5. The fourth-order valence-electron chi connectivity index (χ4n) is 1.86. The van der Waals surface area contributed by atoms with E-state index < -0.39 is 0 Å². The molecule has 0 atom stereocenters. The molecule has 3 aromatic heterocycles. The number of nitrogens with one attached hydrogen (secondary N) is 1. The van der Waals surface area contributed by atoms with Crippen LogP contribution in [0.2, 0.25) is 0 Å². The first-order valence-electron chi connectivity index (χ1n) is 5.71. The fourth-order valence-corrected chi connectivity index (χ4v) is 1.86. The molecule has 3 heterocycles. The number of nitrogens with zero attached hydrogens (tertiary/aromatic N) is 3. The van der Waals surface area contributed by atoms with E-state index in [1.165, 1.54) is 0 Å². The second-order valence-electron chi connectivity index (χ2n) is 3.89. The van der Waals surface area contributed by atoms with Crippen LogP contribution in [0.5, 0.6) is 11.8 Å². The van der Waals surface area contributed by atoms with Gasteiger partial charge in [-0.15, -0.1) is 0 Å². The van der Waals surface area contributed by atoms with Crippen molar-refractivity contribution in [3.05, 3.63) is 30.6 Å². The molecule has 3 aromatic rings. The maximum Gasteiger partial charge on any atom is 0.227 e. The summed E-state index contributed by atoms with van der Waals surface area (Å²) in [6.45, 7) is 0. The predicted molar refractivity (Wildman–Crippen MR) is 70.2 cm³/mol. The van der Waals surface area contributed by atoms with E-state index in [9.17, 15) is 0 Å². The summed E-state index contributed by atoms with van der Waals surface area (Å²) in [5.74, 6) is 1.65. The Bertz CT molecular complexity index is 690. The third-order valence-electron chi connectivity index (χ3n) is 2.78. The number of fused-ring (bicyclic) bond motifs is 1. The van der Waals surface area contributed by atoms with Gasteiger partial charge in [-0.2, -0.15) is 4.98 Å². The molecule has 6 heteroatoms. The summed E-state index contributed by atoms with van der Waals surface area (Å²) in [6, 6.07) is 5.47. The molecule has 0 unspecified atom stereocenters. The maximum atomic E-state index is 5.27. The molecule has 0 radical (unpaired) electrons. The zero-order chi connectivity index (χ0) is 13.2.